The van der Waals surface area contributed by atoms with Gasteiger partial charge in [0.25, 0.3) is 17.9 Å². The largest absolute Gasteiger partial charge is 1.00 e. The van der Waals surface area contributed by atoms with E-state index < -0.39 is 25.2 Å². The molecule has 1 fully saturated rings. The summed E-state index contributed by atoms with van der Waals surface area (Å²) in [6.07, 6.45) is -0.200. The predicted octanol–water partition coefficient (Wildman–Crippen LogP) is -2.78. The van der Waals surface area contributed by atoms with Gasteiger partial charge in [-0.1, -0.05) is 0 Å². The molecular weight excluding hydrogens is 370 g/mol. The predicted molar refractivity (Wildman–Crippen MR) is 93.1 cm³/mol. The Bertz CT molecular complexity index is 468. The van der Waals surface area contributed by atoms with Crippen molar-refractivity contribution in [3.63, 3.8) is 0 Å². The third-order valence-electron chi connectivity index (χ3n) is 2.73. The molecule has 0 spiro atoms. The van der Waals surface area contributed by atoms with Crippen LogP contribution in [-0.4, -0.2) is 68.0 Å². The topological polar surface area (TPSA) is 120 Å². The van der Waals surface area contributed by atoms with E-state index in [9.17, 15) is 19.2 Å². The van der Waals surface area contributed by atoms with E-state index in [-0.39, 0.29) is 41.3 Å². The number of carbonyl (C=O) groups excluding carboxylic acids is 4. The summed E-state index contributed by atoms with van der Waals surface area (Å²) in [5, 5.41) is 3.18. The van der Waals surface area contributed by atoms with Gasteiger partial charge in [0, 0.05) is 47.0 Å². The van der Waals surface area contributed by atoms with Crippen LogP contribution in [0.4, 0.5) is 4.79 Å². The summed E-state index contributed by atoms with van der Waals surface area (Å²) in [6.45, 7) is 12.2. The monoisotopic (exact) mass is 398 g/mol. The minimum atomic E-state index is -2.41. The number of hydrogen-bond donors (Lipinski definition) is 1. The van der Waals surface area contributed by atoms with Gasteiger partial charge in [-0.25, -0.2) is 4.79 Å². The van der Waals surface area contributed by atoms with Crippen molar-refractivity contribution in [2.75, 3.05) is 26.2 Å². The zero-order valence-corrected chi connectivity index (χ0v) is 19.2. The quantitative estimate of drug-likeness (QED) is 0.504. The van der Waals surface area contributed by atoms with E-state index in [1.807, 2.05) is 20.8 Å². The second-order valence-electron chi connectivity index (χ2n) is 6.48. The van der Waals surface area contributed by atoms with Crippen LogP contribution in [0.5, 0.6) is 0 Å². The molecule has 1 N–H and O–H groups in total. The summed E-state index contributed by atoms with van der Waals surface area (Å²) in [7, 11) is -2.41. The van der Waals surface area contributed by atoms with Crippen molar-refractivity contribution in [1.29, 1.82) is 0 Å². The number of carbonyl (C=O) groups is 4. The molecule has 1 saturated heterocycles. The molecule has 0 radical (unpaired) electrons. The zero-order valence-electron chi connectivity index (χ0n) is 17.2. The van der Waals surface area contributed by atoms with Crippen LogP contribution < -0.4 is 34.9 Å². The fourth-order valence-electron chi connectivity index (χ4n) is 1.76. The van der Waals surface area contributed by atoms with Crippen LogP contribution in [0.15, 0.2) is 0 Å². The van der Waals surface area contributed by atoms with Crippen molar-refractivity contribution in [2.24, 2.45) is 0 Å². The molecule has 150 valence electrons. The molecule has 0 aromatic carbocycles. The van der Waals surface area contributed by atoms with E-state index in [2.05, 4.69) is 19.3 Å². The Kier molecular flexibility index (Phi) is 14.3. The Morgan fingerprint density at radius 1 is 0.852 bits per heavy atom. The zero-order chi connectivity index (χ0) is 20.3. The first-order chi connectivity index (χ1) is 11.9. The van der Waals surface area contributed by atoms with E-state index in [4.69, 9.17) is 4.74 Å². The van der Waals surface area contributed by atoms with Crippen LogP contribution >= 0.6 is 0 Å². The maximum Gasteiger partial charge on any atom is 1.00 e. The number of piperazine rings is 1. The van der Waals surface area contributed by atoms with Gasteiger partial charge in [-0.15, -0.1) is 0 Å². The van der Waals surface area contributed by atoms with Crippen LogP contribution in [-0.2, 0) is 33.1 Å². The summed E-state index contributed by atoms with van der Waals surface area (Å²) >= 11 is 0. The van der Waals surface area contributed by atoms with Crippen LogP contribution in [0.1, 0.15) is 41.5 Å². The maximum absolute atomic E-state index is 11.5. The Morgan fingerprint density at radius 2 is 1.22 bits per heavy atom. The fourth-order valence-corrected chi connectivity index (χ4v) is 1.76. The number of amides is 1. The minimum absolute atomic E-state index is 0. The number of nitrogens with one attached hydrogen (secondary N) is 1. The average molecular weight is 398 g/mol. The van der Waals surface area contributed by atoms with Crippen LogP contribution in [0.2, 0.25) is 0 Å². The molecule has 12 heteroatoms. The Balaban J connectivity index is 0. The molecule has 0 aliphatic carbocycles. The molecule has 1 amide bonds. The third-order valence-corrected chi connectivity index (χ3v) is 2.73. The van der Waals surface area contributed by atoms with Gasteiger partial charge in [-0.2, -0.15) is 0 Å². The Labute approximate surface area is 182 Å². The summed E-state index contributed by atoms with van der Waals surface area (Å²) in [5.41, 5.74) is -0.387. The normalized spacial score (nSPS) is 13.4. The molecule has 10 nitrogen and oxygen atoms in total. The molecule has 1 rings (SSSR count). The van der Waals surface area contributed by atoms with Gasteiger partial charge in [0.1, 0.15) is 5.60 Å². The second-order valence-corrected chi connectivity index (χ2v) is 6.48. The molecule has 27 heavy (non-hydrogen) atoms. The fraction of sp³-hybridized carbons (Fsp3) is 0.733. The first kappa shape index (κ1) is 27.9. The van der Waals surface area contributed by atoms with Crippen molar-refractivity contribution in [3.05, 3.63) is 0 Å². The van der Waals surface area contributed by atoms with Gasteiger partial charge in [-0.3, -0.25) is 14.4 Å². The van der Waals surface area contributed by atoms with E-state index >= 15 is 0 Å². The molecule has 1 aliphatic heterocycles. The van der Waals surface area contributed by atoms with E-state index in [1.165, 1.54) is 0 Å². The van der Waals surface area contributed by atoms with Gasteiger partial charge in [-0.05, 0) is 20.8 Å². The van der Waals surface area contributed by atoms with E-state index in [0.29, 0.717) is 0 Å². The first-order valence-electron chi connectivity index (χ1n) is 8.27. The minimum Gasteiger partial charge on any atom is -0.625 e. The molecule has 1 aliphatic rings. The summed E-state index contributed by atoms with van der Waals surface area (Å²) in [4.78, 5) is 44.5. The summed E-state index contributed by atoms with van der Waals surface area (Å²) in [5.74, 6) is -2.03. The maximum atomic E-state index is 11.5. The standard InChI is InChI=1S/C9H18N2O2.C6H10BO6.Na/c1-9(2,3)13-8(12)11-6-4-10-5-7-11;1-4(8)11-7(12-5(2)9)13-6(3)10;/h10H,4-7H2,1-3H3;7H,1-3H3;/q;-1;+1. The van der Waals surface area contributed by atoms with Gasteiger partial charge in [0.05, 0.1) is 0 Å². The van der Waals surface area contributed by atoms with Crippen molar-refractivity contribution >= 4 is 31.3 Å². The number of ether oxygens (including phenoxy) is 1. The van der Waals surface area contributed by atoms with Crippen LogP contribution in [0, 0.1) is 0 Å². The molecule has 0 unspecified atom stereocenters. The first-order valence-corrected chi connectivity index (χ1v) is 8.27. The summed E-state index contributed by atoms with van der Waals surface area (Å²) in [6, 6.07) is 0. The van der Waals surface area contributed by atoms with Crippen molar-refractivity contribution in [3.8, 4) is 0 Å². The second kappa shape index (κ2) is 13.8. The molecule has 0 aromatic rings. The third kappa shape index (κ3) is 16.6. The summed E-state index contributed by atoms with van der Waals surface area (Å²) < 4.78 is 18.5. The SMILES string of the molecule is CC(=O)O[BH-](OC(C)=O)OC(C)=O.CC(C)(C)OC(=O)N1CCNCC1.[Na+]. The van der Waals surface area contributed by atoms with Gasteiger partial charge in [0.15, 0.2) is 0 Å². The van der Waals surface area contributed by atoms with Gasteiger partial charge in [0.2, 0.25) is 0 Å². The number of hydrogen-bond acceptors (Lipinski definition) is 9. The van der Waals surface area contributed by atoms with Crippen molar-refractivity contribution < 1.29 is 67.4 Å². The Hall–Kier alpha value is -1.30. The van der Waals surface area contributed by atoms with Gasteiger partial charge < -0.3 is 28.9 Å². The molecule has 1 heterocycles. The van der Waals surface area contributed by atoms with Crippen molar-refractivity contribution in [1.82, 2.24) is 10.2 Å². The molecule has 0 aromatic heterocycles. The Morgan fingerprint density at radius 3 is 1.52 bits per heavy atom. The van der Waals surface area contributed by atoms with Crippen LogP contribution in [0.3, 0.4) is 0 Å². The van der Waals surface area contributed by atoms with Crippen molar-refractivity contribution in [2.45, 2.75) is 47.1 Å². The average Bonchev–Trinajstić information content (AvgIpc) is 2.44. The van der Waals surface area contributed by atoms with Crippen LogP contribution in [0.25, 0.3) is 0 Å². The number of rotatable bonds is 3. The van der Waals surface area contributed by atoms with E-state index in [0.717, 1.165) is 47.0 Å². The molecule has 0 saturated carbocycles. The van der Waals surface area contributed by atoms with Gasteiger partial charge >= 0.3 is 43.0 Å². The molecule has 0 atom stereocenters. The number of nitrogens with zero attached hydrogens (tertiary/aromatic N) is 1. The smallest absolute Gasteiger partial charge is 0.625 e. The van der Waals surface area contributed by atoms with E-state index in [1.54, 1.807) is 4.90 Å². The molecule has 0 bridgehead atoms. The molecular formula is C15H28BN2NaO8.